The zero-order valence-electron chi connectivity index (χ0n) is 8.23. The normalized spacial score (nSPS) is 11.8. The van der Waals surface area contributed by atoms with Crippen molar-refractivity contribution in [1.82, 2.24) is 0 Å². The number of hydrogen-bond donors (Lipinski definition) is 1. The molecule has 80 valence electrons. The lowest BCUT2D eigenvalue weighted by atomic mass is 10.1. The maximum atomic E-state index is 11.1. The van der Waals surface area contributed by atoms with Gasteiger partial charge in [0.25, 0.3) is 0 Å². The van der Waals surface area contributed by atoms with Gasteiger partial charge in [-0.05, 0) is 13.3 Å². The summed E-state index contributed by atoms with van der Waals surface area (Å²) in [5.74, 6) is -1.28. The minimum Gasteiger partial charge on any atom is -0.465 e. The highest BCUT2D eigenvalue weighted by atomic mass is 16.5. The first-order chi connectivity index (χ1) is 6.76. The van der Waals surface area contributed by atoms with Crippen LogP contribution < -0.4 is 0 Å². The van der Waals surface area contributed by atoms with Gasteiger partial charge in [0, 0.05) is 6.61 Å². The molecule has 1 N–H and O–H groups in total. The molecular weight excluding hydrogens is 186 g/mol. The summed E-state index contributed by atoms with van der Waals surface area (Å²) in [6.07, 6.45) is 0.301. The Hall–Kier alpha value is -1.12. The fourth-order valence-corrected chi connectivity index (χ4v) is 0.846. The van der Waals surface area contributed by atoms with Gasteiger partial charge >= 0.3 is 5.97 Å². The molecule has 0 bridgehead atoms. The summed E-state index contributed by atoms with van der Waals surface area (Å²) in [6, 6.07) is 1.85. The van der Waals surface area contributed by atoms with E-state index in [0.717, 1.165) is 0 Å². The Kier molecular flexibility index (Phi) is 7.80. The monoisotopic (exact) mass is 201 g/mol. The molecule has 0 spiro atoms. The second kappa shape index (κ2) is 8.48. The van der Waals surface area contributed by atoms with Gasteiger partial charge < -0.3 is 14.6 Å². The second-order valence-corrected chi connectivity index (χ2v) is 2.56. The van der Waals surface area contributed by atoms with Crippen molar-refractivity contribution < 1.29 is 19.4 Å². The second-order valence-electron chi connectivity index (χ2n) is 2.56. The quantitative estimate of drug-likeness (QED) is 0.466. The van der Waals surface area contributed by atoms with E-state index < -0.39 is 11.9 Å². The van der Waals surface area contributed by atoms with Crippen molar-refractivity contribution in [2.45, 2.75) is 13.3 Å². The maximum Gasteiger partial charge on any atom is 0.323 e. The molecule has 0 aromatic carbocycles. The van der Waals surface area contributed by atoms with Crippen LogP contribution in [0.15, 0.2) is 0 Å². The minimum atomic E-state index is -0.770. The first-order valence-corrected chi connectivity index (χ1v) is 4.51. The van der Waals surface area contributed by atoms with Crippen molar-refractivity contribution in [2.24, 2.45) is 5.92 Å². The first kappa shape index (κ1) is 12.9. The first-order valence-electron chi connectivity index (χ1n) is 4.51. The van der Waals surface area contributed by atoms with Gasteiger partial charge in [0.1, 0.15) is 5.92 Å². The Morgan fingerprint density at radius 2 is 2.29 bits per heavy atom. The van der Waals surface area contributed by atoms with Crippen LogP contribution in [0.5, 0.6) is 0 Å². The number of carbonyl (C=O) groups is 1. The number of hydrogen-bond acceptors (Lipinski definition) is 5. The summed E-state index contributed by atoms with van der Waals surface area (Å²) in [5, 5.41) is 17.0. The number of aliphatic hydroxyl groups is 1. The van der Waals surface area contributed by atoms with Crippen LogP contribution in [0.1, 0.15) is 13.3 Å². The van der Waals surface area contributed by atoms with E-state index in [0.29, 0.717) is 6.42 Å². The van der Waals surface area contributed by atoms with Gasteiger partial charge in [-0.2, -0.15) is 5.26 Å². The van der Waals surface area contributed by atoms with Crippen molar-refractivity contribution in [3.05, 3.63) is 0 Å². The smallest absolute Gasteiger partial charge is 0.323 e. The molecule has 0 aromatic heterocycles. The van der Waals surface area contributed by atoms with E-state index in [4.69, 9.17) is 15.1 Å². The van der Waals surface area contributed by atoms with Crippen LogP contribution in [-0.4, -0.2) is 37.5 Å². The molecule has 0 aliphatic rings. The topological polar surface area (TPSA) is 79.6 Å². The molecule has 14 heavy (non-hydrogen) atoms. The van der Waals surface area contributed by atoms with Crippen LogP contribution in [0.4, 0.5) is 0 Å². The third-order valence-electron chi connectivity index (χ3n) is 1.51. The number of esters is 1. The van der Waals surface area contributed by atoms with Crippen molar-refractivity contribution in [3.63, 3.8) is 0 Å². The molecule has 0 saturated heterocycles. The number of aliphatic hydroxyl groups excluding tert-OH is 1. The lowest BCUT2D eigenvalue weighted by molar-refractivity contribution is -0.146. The zero-order chi connectivity index (χ0) is 10.8. The number of nitrogens with zero attached hydrogens (tertiary/aromatic N) is 1. The number of nitriles is 1. The van der Waals surface area contributed by atoms with E-state index in [1.54, 1.807) is 6.92 Å². The largest absolute Gasteiger partial charge is 0.465 e. The van der Waals surface area contributed by atoms with Crippen molar-refractivity contribution in [3.8, 4) is 6.07 Å². The molecule has 0 saturated carbocycles. The van der Waals surface area contributed by atoms with E-state index >= 15 is 0 Å². The molecule has 0 amide bonds. The fraction of sp³-hybridized carbons (Fsp3) is 0.778. The molecule has 1 unspecified atom stereocenters. The van der Waals surface area contributed by atoms with Crippen molar-refractivity contribution in [2.75, 3.05) is 26.4 Å². The molecule has 0 aliphatic carbocycles. The highest BCUT2D eigenvalue weighted by Crippen LogP contribution is 2.04. The maximum absolute atomic E-state index is 11.1. The van der Waals surface area contributed by atoms with Gasteiger partial charge in [-0.25, -0.2) is 0 Å². The highest BCUT2D eigenvalue weighted by Gasteiger charge is 2.18. The van der Waals surface area contributed by atoms with Gasteiger partial charge in [-0.15, -0.1) is 0 Å². The Bertz CT molecular complexity index is 199. The van der Waals surface area contributed by atoms with Gasteiger partial charge in [0.15, 0.2) is 0 Å². The lowest BCUT2D eigenvalue weighted by Crippen LogP contribution is -2.18. The average molecular weight is 201 g/mol. The van der Waals surface area contributed by atoms with Crippen LogP contribution in [0.3, 0.4) is 0 Å². The summed E-state index contributed by atoms with van der Waals surface area (Å²) in [5.41, 5.74) is 0. The Morgan fingerprint density at radius 1 is 1.57 bits per heavy atom. The molecule has 5 nitrogen and oxygen atoms in total. The van der Waals surface area contributed by atoms with E-state index in [9.17, 15) is 4.79 Å². The molecular formula is C9H15NO4. The van der Waals surface area contributed by atoms with Crippen molar-refractivity contribution >= 4 is 5.97 Å². The standard InChI is InChI=1S/C9H15NO4/c1-2-14-9(12)8(7-10)3-5-13-6-4-11/h8,11H,2-6H2,1H3. The lowest BCUT2D eigenvalue weighted by Gasteiger charge is -2.07. The molecule has 0 heterocycles. The number of rotatable bonds is 7. The third-order valence-corrected chi connectivity index (χ3v) is 1.51. The number of carbonyl (C=O) groups excluding carboxylic acids is 1. The highest BCUT2D eigenvalue weighted by molar-refractivity contribution is 5.75. The summed E-state index contributed by atoms with van der Waals surface area (Å²) < 4.78 is 9.62. The molecule has 0 rings (SSSR count). The predicted octanol–water partition coefficient (Wildman–Crippen LogP) is 0.0883. The van der Waals surface area contributed by atoms with Crippen molar-refractivity contribution in [1.29, 1.82) is 5.26 Å². The van der Waals surface area contributed by atoms with Gasteiger partial charge in [0.05, 0.1) is 25.9 Å². The van der Waals surface area contributed by atoms with Crippen LogP contribution >= 0.6 is 0 Å². The SMILES string of the molecule is CCOC(=O)C(C#N)CCOCCO. The molecule has 0 fully saturated rings. The molecule has 1 atom stereocenters. The fourth-order valence-electron chi connectivity index (χ4n) is 0.846. The summed E-state index contributed by atoms with van der Waals surface area (Å²) >= 11 is 0. The van der Waals surface area contributed by atoms with E-state index in [-0.39, 0.29) is 26.4 Å². The van der Waals surface area contributed by atoms with Gasteiger partial charge in [-0.1, -0.05) is 0 Å². The summed E-state index contributed by atoms with van der Waals surface area (Å²) in [6.45, 7) is 2.40. The Morgan fingerprint density at radius 3 is 2.79 bits per heavy atom. The third kappa shape index (κ3) is 5.51. The molecule has 0 radical (unpaired) electrons. The van der Waals surface area contributed by atoms with E-state index in [1.807, 2.05) is 6.07 Å². The Labute approximate surface area is 83.2 Å². The molecule has 0 aliphatic heterocycles. The number of ether oxygens (including phenoxy) is 2. The zero-order valence-corrected chi connectivity index (χ0v) is 8.23. The average Bonchev–Trinajstić information content (AvgIpc) is 2.18. The van der Waals surface area contributed by atoms with Gasteiger partial charge in [-0.3, -0.25) is 4.79 Å². The summed E-state index contributed by atoms with van der Waals surface area (Å²) in [7, 11) is 0. The molecule has 0 aromatic rings. The van der Waals surface area contributed by atoms with Crippen LogP contribution in [0.2, 0.25) is 0 Å². The van der Waals surface area contributed by atoms with Gasteiger partial charge in [0.2, 0.25) is 0 Å². The summed E-state index contributed by atoms with van der Waals surface area (Å²) in [4.78, 5) is 11.1. The van der Waals surface area contributed by atoms with Crippen LogP contribution in [-0.2, 0) is 14.3 Å². The Balaban J connectivity index is 3.69. The molecule has 5 heteroatoms. The van der Waals surface area contributed by atoms with Crippen LogP contribution in [0.25, 0.3) is 0 Å². The predicted molar refractivity (Wildman–Crippen MR) is 48.3 cm³/mol. The van der Waals surface area contributed by atoms with Crippen LogP contribution in [0, 0.1) is 17.2 Å². The van der Waals surface area contributed by atoms with E-state index in [1.165, 1.54) is 0 Å². The van der Waals surface area contributed by atoms with E-state index in [2.05, 4.69) is 4.74 Å². The minimum absolute atomic E-state index is 0.0589.